The van der Waals surface area contributed by atoms with E-state index in [1.165, 1.54) is 64.2 Å². The number of hydrogen-bond donors (Lipinski definition) is 0. The maximum absolute atomic E-state index is 10.7. The van der Waals surface area contributed by atoms with Gasteiger partial charge in [-0.15, -0.1) is 0 Å². The van der Waals surface area contributed by atoms with Gasteiger partial charge in [-0.05, 0) is 31.1 Å². The van der Waals surface area contributed by atoms with Gasteiger partial charge in [0.2, 0.25) is 0 Å². The third-order valence-corrected chi connectivity index (χ3v) is 6.00. The van der Waals surface area contributed by atoms with E-state index in [0.717, 1.165) is 30.5 Å². The van der Waals surface area contributed by atoms with Crippen molar-refractivity contribution in [3.63, 3.8) is 0 Å². The first-order valence-electron chi connectivity index (χ1n) is 10.5. The van der Waals surface area contributed by atoms with Gasteiger partial charge in [0.1, 0.15) is 6.10 Å². The van der Waals surface area contributed by atoms with Crippen LogP contribution in [0, 0.1) is 17.8 Å². The summed E-state index contributed by atoms with van der Waals surface area (Å²) in [6.45, 7) is 11.6. The molecule has 5 atom stereocenters. The van der Waals surface area contributed by atoms with Crippen molar-refractivity contribution in [2.45, 2.75) is 117 Å². The van der Waals surface area contributed by atoms with E-state index in [0.29, 0.717) is 0 Å². The van der Waals surface area contributed by atoms with Gasteiger partial charge < -0.3 is 9.53 Å². The molecule has 0 radical (unpaired) electrons. The lowest BCUT2D eigenvalue weighted by Gasteiger charge is -2.16. The molecule has 0 saturated carbocycles. The van der Waals surface area contributed by atoms with Gasteiger partial charge in [-0.1, -0.05) is 91.9 Å². The fourth-order valence-electron chi connectivity index (χ4n) is 3.99. The number of aldehydes is 1. The molecule has 0 aliphatic carbocycles. The molecule has 0 aromatic carbocycles. The Hall–Kier alpha value is -0.370. The number of ether oxygens (including phenoxy) is 1. The molecule has 0 bridgehead atoms. The van der Waals surface area contributed by atoms with Crippen LogP contribution in [-0.4, -0.2) is 18.0 Å². The van der Waals surface area contributed by atoms with Crippen LogP contribution in [0.3, 0.4) is 0 Å². The van der Waals surface area contributed by atoms with Crippen LogP contribution in [0.15, 0.2) is 0 Å². The summed E-state index contributed by atoms with van der Waals surface area (Å²) in [5, 5.41) is 0. The highest BCUT2D eigenvalue weighted by atomic mass is 16.6. The Morgan fingerprint density at radius 2 is 1.33 bits per heavy atom. The first kappa shape index (κ1) is 21.7. The van der Waals surface area contributed by atoms with Crippen molar-refractivity contribution in [1.29, 1.82) is 0 Å². The molecule has 1 heterocycles. The zero-order valence-corrected chi connectivity index (χ0v) is 17.0. The van der Waals surface area contributed by atoms with Crippen molar-refractivity contribution in [2.75, 3.05) is 0 Å². The monoisotopic (exact) mass is 338 g/mol. The summed E-state index contributed by atoms with van der Waals surface area (Å²) in [6, 6.07) is 0. The predicted octanol–water partition coefficient (Wildman–Crippen LogP) is 6.56. The molecule has 0 N–H and O–H groups in total. The minimum absolute atomic E-state index is 0.131. The SMILES string of the molecule is CCCC(C)CCCC(C)CCCC(C)CCC[C@]1(C)O[C@H]1C=O. The van der Waals surface area contributed by atoms with Crippen molar-refractivity contribution >= 4 is 6.29 Å². The fraction of sp³-hybridized carbons (Fsp3) is 0.955. The van der Waals surface area contributed by atoms with Crippen LogP contribution in [-0.2, 0) is 9.53 Å². The molecule has 24 heavy (non-hydrogen) atoms. The van der Waals surface area contributed by atoms with Crippen LogP contribution in [0.4, 0.5) is 0 Å². The van der Waals surface area contributed by atoms with E-state index in [-0.39, 0.29) is 11.7 Å². The Labute approximate surface area is 151 Å². The number of rotatable bonds is 15. The van der Waals surface area contributed by atoms with Crippen molar-refractivity contribution in [1.82, 2.24) is 0 Å². The molecule has 1 saturated heterocycles. The smallest absolute Gasteiger partial charge is 0.151 e. The Morgan fingerprint density at radius 3 is 1.75 bits per heavy atom. The summed E-state index contributed by atoms with van der Waals surface area (Å²) in [5.41, 5.74) is -0.134. The molecule has 2 heteroatoms. The van der Waals surface area contributed by atoms with Crippen LogP contribution < -0.4 is 0 Å². The lowest BCUT2D eigenvalue weighted by atomic mass is 9.90. The highest BCUT2D eigenvalue weighted by Crippen LogP contribution is 2.39. The molecule has 1 fully saturated rings. The van der Waals surface area contributed by atoms with E-state index >= 15 is 0 Å². The topological polar surface area (TPSA) is 29.6 Å². The summed E-state index contributed by atoms with van der Waals surface area (Å²) in [5.74, 6) is 2.61. The minimum Gasteiger partial charge on any atom is -0.358 e. The molecule has 0 amide bonds. The summed E-state index contributed by atoms with van der Waals surface area (Å²) < 4.78 is 5.45. The fourth-order valence-corrected chi connectivity index (χ4v) is 3.99. The maximum atomic E-state index is 10.7. The number of carbonyl (C=O) groups excluding carboxylic acids is 1. The Kier molecular flexibility index (Phi) is 10.2. The second-order valence-electron chi connectivity index (χ2n) is 8.85. The average Bonchev–Trinajstić information content (AvgIpc) is 3.18. The van der Waals surface area contributed by atoms with Crippen LogP contribution in [0.25, 0.3) is 0 Å². The quantitative estimate of drug-likeness (QED) is 0.250. The van der Waals surface area contributed by atoms with Crippen LogP contribution >= 0.6 is 0 Å². The van der Waals surface area contributed by atoms with Gasteiger partial charge in [-0.25, -0.2) is 0 Å². The third kappa shape index (κ3) is 8.65. The second kappa shape index (κ2) is 11.3. The van der Waals surface area contributed by atoms with Gasteiger partial charge in [0.15, 0.2) is 6.29 Å². The summed E-state index contributed by atoms with van der Waals surface area (Å²) in [4.78, 5) is 10.7. The third-order valence-electron chi connectivity index (χ3n) is 6.00. The van der Waals surface area contributed by atoms with E-state index in [2.05, 4.69) is 34.6 Å². The zero-order chi connectivity index (χ0) is 18.0. The van der Waals surface area contributed by atoms with Gasteiger partial charge in [0, 0.05) is 0 Å². The molecule has 1 rings (SSSR count). The minimum atomic E-state index is -0.134. The lowest BCUT2D eigenvalue weighted by Crippen LogP contribution is -2.11. The van der Waals surface area contributed by atoms with Crippen LogP contribution in [0.1, 0.15) is 105 Å². The second-order valence-corrected chi connectivity index (χ2v) is 8.85. The Morgan fingerprint density at radius 1 is 0.875 bits per heavy atom. The van der Waals surface area contributed by atoms with E-state index in [4.69, 9.17) is 4.74 Å². The van der Waals surface area contributed by atoms with Gasteiger partial charge in [0.25, 0.3) is 0 Å². The largest absolute Gasteiger partial charge is 0.358 e. The van der Waals surface area contributed by atoms with Crippen LogP contribution in [0.2, 0.25) is 0 Å². The normalized spacial score (nSPS) is 26.8. The van der Waals surface area contributed by atoms with E-state index < -0.39 is 0 Å². The Bertz CT molecular complexity index is 341. The van der Waals surface area contributed by atoms with Gasteiger partial charge in [-0.3, -0.25) is 0 Å². The van der Waals surface area contributed by atoms with Crippen molar-refractivity contribution in [3.05, 3.63) is 0 Å². The standard InChI is InChI=1S/C22H42O2/c1-6-10-18(2)11-7-12-19(3)13-8-14-20(4)15-9-16-22(5)21(17-23)24-22/h17-21H,6-16H2,1-5H3/t18?,19?,20?,21-,22-/m0/s1. The molecular formula is C22H42O2. The van der Waals surface area contributed by atoms with Crippen molar-refractivity contribution in [2.24, 2.45) is 17.8 Å². The van der Waals surface area contributed by atoms with E-state index in [9.17, 15) is 4.79 Å². The first-order valence-corrected chi connectivity index (χ1v) is 10.5. The zero-order valence-electron chi connectivity index (χ0n) is 17.0. The number of carbonyl (C=O) groups is 1. The number of hydrogen-bond acceptors (Lipinski definition) is 2. The maximum Gasteiger partial charge on any atom is 0.151 e. The molecule has 3 unspecified atom stereocenters. The van der Waals surface area contributed by atoms with Crippen molar-refractivity contribution in [3.8, 4) is 0 Å². The molecule has 0 aromatic heterocycles. The van der Waals surface area contributed by atoms with Gasteiger partial charge >= 0.3 is 0 Å². The highest BCUT2D eigenvalue weighted by molar-refractivity contribution is 5.62. The molecule has 0 aromatic rings. The van der Waals surface area contributed by atoms with E-state index in [1.807, 2.05) is 0 Å². The number of epoxide rings is 1. The predicted molar refractivity (Wildman–Crippen MR) is 103 cm³/mol. The van der Waals surface area contributed by atoms with Gasteiger partial charge in [0.05, 0.1) is 5.60 Å². The molecule has 1 aliphatic heterocycles. The summed E-state index contributed by atoms with van der Waals surface area (Å²) in [7, 11) is 0. The summed E-state index contributed by atoms with van der Waals surface area (Å²) in [6.07, 6.45) is 15.4. The highest BCUT2D eigenvalue weighted by Gasteiger charge is 2.51. The molecule has 142 valence electrons. The molecular weight excluding hydrogens is 296 g/mol. The Balaban J connectivity index is 1.96. The molecule has 2 nitrogen and oxygen atoms in total. The molecule has 1 aliphatic rings. The first-order chi connectivity index (χ1) is 11.4. The van der Waals surface area contributed by atoms with Crippen molar-refractivity contribution < 1.29 is 9.53 Å². The average molecular weight is 339 g/mol. The summed E-state index contributed by atoms with van der Waals surface area (Å²) >= 11 is 0. The van der Waals surface area contributed by atoms with E-state index in [1.54, 1.807) is 0 Å². The van der Waals surface area contributed by atoms with Crippen LogP contribution in [0.5, 0.6) is 0 Å². The lowest BCUT2D eigenvalue weighted by molar-refractivity contribution is -0.108. The van der Waals surface area contributed by atoms with Gasteiger partial charge in [-0.2, -0.15) is 0 Å². The molecule has 0 spiro atoms.